The molecule has 0 radical (unpaired) electrons. The van der Waals surface area contributed by atoms with E-state index in [2.05, 4.69) is 20.6 Å². The van der Waals surface area contributed by atoms with Crippen molar-refractivity contribution in [1.82, 2.24) is 15.3 Å². The summed E-state index contributed by atoms with van der Waals surface area (Å²) in [4.78, 5) is 8.56. The van der Waals surface area contributed by atoms with Crippen molar-refractivity contribution in [3.63, 3.8) is 0 Å². The Morgan fingerprint density at radius 3 is 2.95 bits per heavy atom. The second-order valence-corrected chi connectivity index (χ2v) is 4.65. The lowest BCUT2D eigenvalue weighted by atomic mass is 10.1. The van der Waals surface area contributed by atoms with Crippen molar-refractivity contribution in [2.75, 3.05) is 11.9 Å². The van der Waals surface area contributed by atoms with Crippen LogP contribution in [0.4, 0.5) is 16.0 Å². The van der Waals surface area contributed by atoms with Crippen LogP contribution in [0.1, 0.15) is 11.3 Å². The monoisotopic (exact) mass is 278 g/mol. The number of anilines is 2. The zero-order valence-corrected chi connectivity index (χ0v) is 10.8. The van der Waals surface area contributed by atoms with Gasteiger partial charge in [0.05, 0.1) is 11.4 Å². The number of aromatic nitrogens is 2. The zero-order chi connectivity index (χ0) is 13.2. The van der Waals surface area contributed by atoms with Gasteiger partial charge in [-0.3, -0.25) is 0 Å². The highest BCUT2D eigenvalue weighted by Gasteiger charge is 2.16. The molecular weight excluding hydrogens is 267 g/mol. The Hall–Kier alpha value is -1.72. The van der Waals surface area contributed by atoms with E-state index in [9.17, 15) is 4.39 Å². The molecule has 0 unspecified atom stereocenters. The average molecular weight is 279 g/mol. The maximum absolute atomic E-state index is 13.6. The number of fused-ring (bicyclic) bond motifs is 1. The van der Waals surface area contributed by atoms with Crippen LogP contribution in [0.2, 0.25) is 5.15 Å². The quantitative estimate of drug-likeness (QED) is 0.829. The topological polar surface area (TPSA) is 49.8 Å². The van der Waals surface area contributed by atoms with Gasteiger partial charge in [0.2, 0.25) is 5.95 Å². The Bertz CT molecular complexity index is 618. The number of nitrogens with zero attached hydrogens (tertiary/aromatic N) is 2. The summed E-state index contributed by atoms with van der Waals surface area (Å²) >= 11 is 6.13. The van der Waals surface area contributed by atoms with Gasteiger partial charge >= 0.3 is 0 Å². The molecule has 1 aromatic heterocycles. The highest BCUT2D eigenvalue weighted by atomic mass is 35.5. The molecule has 0 atom stereocenters. The van der Waals surface area contributed by atoms with E-state index in [-0.39, 0.29) is 5.82 Å². The third-order valence-corrected chi connectivity index (χ3v) is 3.32. The molecule has 2 heterocycles. The van der Waals surface area contributed by atoms with Crippen molar-refractivity contribution in [3.05, 3.63) is 46.5 Å². The van der Waals surface area contributed by atoms with E-state index in [0.29, 0.717) is 23.3 Å². The summed E-state index contributed by atoms with van der Waals surface area (Å²) in [5.41, 5.74) is 2.18. The van der Waals surface area contributed by atoms with Gasteiger partial charge in [-0.1, -0.05) is 23.7 Å². The van der Waals surface area contributed by atoms with Crippen LogP contribution in [-0.2, 0) is 13.0 Å². The lowest BCUT2D eigenvalue weighted by Crippen LogP contribution is -2.25. The lowest BCUT2D eigenvalue weighted by molar-refractivity contribution is 0.625. The van der Waals surface area contributed by atoms with Crippen molar-refractivity contribution in [2.45, 2.75) is 13.0 Å². The van der Waals surface area contributed by atoms with Crippen LogP contribution in [0.15, 0.2) is 24.3 Å². The van der Waals surface area contributed by atoms with Crippen molar-refractivity contribution in [2.24, 2.45) is 0 Å². The van der Waals surface area contributed by atoms with Crippen LogP contribution < -0.4 is 10.6 Å². The van der Waals surface area contributed by atoms with Crippen molar-refractivity contribution >= 4 is 23.2 Å². The summed E-state index contributed by atoms with van der Waals surface area (Å²) in [7, 11) is 0. The molecular formula is C13H12ClFN4. The number of benzene rings is 1. The van der Waals surface area contributed by atoms with E-state index in [1.165, 1.54) is 6.07 Å². The minimum Gasteiger partial charge on any atom is -0.322 e. The van der Waals surface area contributed by atoms with Gasteiger partial charge in [-0.05, 0) is 12.1 Å². The fourth-order valence-electron chi connectivity index (χ4n) is 2.04. The summed E-state index contributed by atoms with van der Waals surface area (Å²) < 4.78 is 13.6. The predicted octanol–water partition coefficient (Wildman–Crippen LogP) is 2.66. The van der Waals surface area contributed by atoms with E-state index in [1.54, 1.807) is 18.2 Å². The Morgan fingerprint density at radius 2 is 2.11 bits per heavy atom. The third-order valence-electron chi connectivity index (χ3n) is 3.00. The van der Waals surface area contributed by atoms with Gasteiger partial charge in [-0.2, -0.15) is 0 Å². The summed E-state index contributed by atoms with van der Waals surface area (Å²) in [5.74, 6) is -0.0163. The second kappa shape index (κ2) is 5.11. The van der Waals surface area contributed by atoms with Crippen LogP contribution >= 0.6 is 11.6 Å². The summed E-state index contributed by atoms with van der Waals surface area (Å²) in [6.07, 6.45) is 0.795. The van der Waals surface area contributed by atoms with E-state index in [4.69, 9.17) is 11.6 Å². The summed E-state index contributed by atoms with van der Waals surface area (Å²) in [6.45, 7) is 1.54. The normalized spacial score (nSPS) is 14.0. The van der Waals surface area contributed by atoms with E-state index in [1.807, 2.05) is 0 Å². The van der Waals surface area contributed by atoms with Crippen molar-refractivity contribution < 1.29 is 4.39 Å². The first-order chi connectivity index (χ1) is 9.24. The van der Waals surface area contributed by atoms with Gasteiger partial charge < -0.3 is 10.6 Å². The molecule has 0 bridgehead atoms. The van der Waals surface area contributed by atoms with Crippen molar-refractivity contribution in [3.8, 4) is 0 Å². The third kappa shape index (κ3) is 2.52. The molecule has 1 aliphatic rings. The SMILES string of the molecule is Fc1ccccc1Nc1nc(Cl)c2c(n1)CCNC2. The fourth-order valence-corrected chi connectivity index (χ4v) is 2.30. The zero-order valence-electron chi connectivity index (χ0n) is 10.1. The van der Waals surface area contributed by atoms with Gasteiger partial charge in [-0.25, -0.2) is 14.4 Å². The smallest absolute Gasteiger partial charge is 0.228 e. The van der Waals surface area contributed by atoms with Gasteiger partial charge in [0.15, 0.2) is 0 Å². The van der Waals surface area contributed by atoms with Gasteiger partial charge in [0, 0.05) is 25.1 Å². The predicted molar refractivity (Wildman–Crippen MR) is 72.1 cm³/mol. The van der Waals surface area contributed by atoms with Crippen molar-refractivity contribution in [1.29, 1.82) is 0 Å². The molecule has 98 valence electrons. The first kappa shape index (κ1) is 12.3. The van der Waals surface area contributed by atoms with E-state index < -0.39 is 0 Å². The molecule has 2 N–H and O–H groups in total. The van der Waals surface area contributed by atoms with Gasteiger partial charge in [0.25, 0.3) is 0 Å². The van der Waals surface area contributed by atoms with E-state index in [0.717, 1.165) is 24.2 Å². The van der Waals surface area contributed by atoms with Crippen LogP contribution in [0, 0.1) is 5.82 Å². The van der Waals surface area contributed by atoms with Gasteiger partial charge in [0.1, 0.15) is 11.0 Å². The standard InChI is InChI=1S/C13H12ClFN4/c14-12-8-7-16-6-5-10(8)17-13(19-12)18-11-4-2-1-3-9(11)15/h1-4,16H,5-7H2,(H,17,18,19). The molecule has 2 aromatic rings. The molecule has 0 amide bonds. The van der Waals surface area contributed by atoms with Crippen LogP contribution in [0.5, 0.6) is 0 Å². The van der Waals surface area contributed by atoms with Crippen LogP contribution in [0.25, 0.3) is 0 Å². The van der Waals surface area contributed by atoms with Gasteiger partial charge in [-0.15, -0.1) is 0 Å². The Labute approximate surface area is 115 Å². The Kier molecular flexibility index (Phi) is 3.31. The van der Waals surface area contributed by atoms with Crippen LogP contribution in [0.3, 0.4) is 0 Å². The minimum atomic E-state index is -0.346. The highest BCUT2D eigenvalue weighted by molar-refractivity contribution is 6.30. The summed E-state index contributed by atoms with van der Waals surface area (Å²) in [6, 6.07) is 6.39. The molecule has 0 spiro atoms. The lowest BCUT2D eigenvalue weighted by Gasteiger charge is -2.18. The molecule has 0 saturated heterocycles. The first-order valence-corrected chi connectivity index (χ1v) is 6.39. The number of halogens is 2. The minimum absolute atomic E-state index is 0.329. The molecule has 0 aliphatic carbocycles. The number of para-hydroxylation sites is 1. The number of nitrogens with one attached hydrogen (secondary N) is 2. The average Bonchev–Trinajstić information content (AvgIpc) is 2.42. The Balaban J connectivity index is 1.94. The maximum atomic E-state index is 13.6. The molecule has 1 aromatic carbocycles. The van der Waals surface area contributed by atoms with E-state index >= 15 is 0 Å². The fraction of sp³-hybridized carbons (Fsp3) is 0.231. The maximum Gasteiger partial charge on any atom is 0.228 e. The number of hydrogen-bond donors (Lipinski definition) is 2. The molecule has 19 heavy (non-hydrogen) atoms. The van der Waals surface area contributed by atoms with Crippen LogP contribution in [-0.4, -0.2) is 16.5 Å². The molecule has 0 fully saturated rings. The Morgan fingerprint density at radius 1 is 1.26 bits per heavy atom. The largest absolute Gasteiger partial charge is 0.322 e. The number of hydrogen-bond acceptors (Lipinski definition) is 4. The number of rotatable bonds is 2. The molecule has 4 nitrogen and oxygen atoms in total. The second-order valence-electron chi connectivity index (χ2n) is 4.29. The highest BCUT2D eigenvalue weighted by Crippen LogP contribution is 2.24. The molecule has 1 aliphatic heterocycles. The molecule has 0 saturated carbocycles. The summed E-state index contributed by atoms with van der Waals surface area (Å²) in [5, 5.41) is 6.49. The molecule has 6 heteroatoms. The molecule has 3 rings (SSSR count). The first-order valence-electron chi connectivity index (χ1n) is 6.01.